The third-order valence-electron chi connectivity index (χ3n) is 3.13. The van der Waals surface area contributed by atoms with Gasteiger partial charge in [-0.2, -0.15) is 0 Å². The second kappa shape index (κ2) is 4.71. The molecule has 1 amide bonds. The highest BCUT2D eigenvalue weighted by atomic mass is 32.2. The van der Waals surface area contributed by atoms with Gasteiger partial charge in [0.1, 0.15) is 0 Å². The Labute approximate surface area is 95.5 Å². The summed E-state index contributed by atoms with van der Waals surface area (Å²) >= 11 is 0. The van der Waals surface area contributed by atoms with E-state index in [9.17, 15) is 13.2 Å². The van der Waals surface area contributed by atoms with Crippen molar-refractivity contribution in [3.8, 4) is 0 Å². The zero-order chi connectivity index (χ0) is 11.6. The van der Waals surface area contributed by atoms with Crippen LogP contribution in [0.1, 0.15) is 19.3 Å². The molecule has 0 bridgehead atoms. The van der Waals surface area contributed by atoms with E-state index in [-0.39, 0.29) is 29.4 Å². The first-order valence-corrected chi connectivity index (χ1v) is 7.49. The zero-order valence-corrected chi connectivity index (χ0v) is 9.96. The van der Waals surface area contributed by atoms with Crippen molar-refractivity contribution in [1.29, 1.82) is 0 Å². The number of rotatable bonds is 3. The van der Waals surface area contributed by atoms with Crippen LogP contribution < -0.4 is 5.32 Å². The normalized spacial score (nSPS) is 32.8. The van der Waals surface area contributed by atoms with E-state index in [2.05, 4.69) is 5.32 Å². The molecule has 2 aliphatic heterocycles. The first kappa shape index (κ1) is 11.9. The van der Waals surface area contributed by atoms with Crippen molar-refractivity contribution in [1.82, 2.24) is 5.32 Å². The monoisotopic (exact) mass is 247 g/mol. The Bertz CT molecular complexity index is 359. The van der Waals surface area contributed by atoms with Crippen LogP contribution in [0.5, 0.6) is 0 Å². The summed E-state index contributed by atoms with van der Waals surface area (Å²) < 4.78 is 27.8. The summed E-state index contributed by atoms with van der Waals surface area (Å²) in [5.74, 6) is -0.349. The van der Waals surface area contributed by atoms with Crippen molar-refractivity contribution in [3.63, 3.8) is 0 Å². The van der Waals surface area contributed by atoms with Gasteiger partial charge in [0.05, 0.1) is 23.5 Å². The van der Waals surface area contributed by atoms with Crippen LogP contribution in [0, 0.1) is 5.92 Å². The van der Waals surface area contributed by atoms with Crippen molar-refractivity contribution in [3.05, 3.63) is 0 Å². The third kappa shape index (κ3) is 2.95. The topological polar surface area (TPSA) is 72.5 Å². The highest BCUT2D eigenvalue weighted by Gasteiger charge is 2.33. The van der Waals surface area contributed by atoms with Crippen LogP contribution in [-0.2, 0) is 19.4 Å². The molecule has 5 nitrogen and oxygen atoms in total. The summed E-state index contributed by atoms with van der Waals surface area (Å²) in [5, 5.41) is 2.78. The fourth-order valence-electron chi connectivity index (χ4n) is 2.17. The second-order valence-corrected chi connectivity index (χ2v) is 6.71. The molecule has 0 aromatic rings. The van der Waals surface area contributed by atoms with Crippen LogP contribution in [0.3, 0.4) is 0 Å². The second-order valence-electron chi connectivity index (χ2n) is 4.48. The van der Waals surface area contributed by atoms with E-state index >= 15 is 0 Å². The molecule has 0 unspecified atom stereocenters. The molecule has 16 heavy (non-hydrogen) atoms. The van der Waals surface area contributed by atoms with Gasteiger partial charge in [-0.3, -0.25) is 4.79 Å². The van der Waals surface area contributed by atoms with Gasteiger partial charge in [0, 0.05) is 13.2 Å². The van der Waals surface area contributed by atoms with Gasteiger partial charge in [-0.25, -0.2) is 8.42 Å². The number of hydrogen-bond acceptors (Lipinski definition) is 4. The predicted molar refractivity (Wildman–Crippen MR) is 58.7 cm³/mol. The molecule has 2 aliphatic rings. The van der Waals surface area contributed by atoms with Crippen molar-refractivity contribution < 1.29 is 17.9 Å². The van der Waals surface area contributed by atoms with Crippen LogP contribution >= 0.6 is 0 Å². The summed E-state index contributed by atoms with van der Waals surface area (Å²) in [6, 6.07) is 0. The Morgan fingerprint density at radius 1 is 1.38 bits per heavy atom. The molecule has 6 heteroatoms. The van der Waals surface area contributed by atoms with Crippen LogP contribution in [0.2, 0.25) is 0 Å². The Morgan fingerprint density at radius 3 is 2.75 bits per heavy atom. The summed E-state index contributed by atoms with van der Waals surface area (Å²) in [5.41, 5.74) is 0. The van der Waals surface area contributed by atoms with E-state index in [1.165, 1.54) is 0 Å². The first-order chi connectivity index (χ1) is 7.57. The lowest BCUT2D eigenvalue weighted by atomic mass is 10.1. The van der Waals surface area contributed by atoms with Gasteiger partial charge in [0.2, 0.25) is 5.91 Å². The zero-order valence-electron chi connectivity index (χ0n) is 9.15. The first-order valence-electron chi connectivity index (χ1n) is 5.66. The highest BCUT2D eigenvalue weighted by molar-refractivity contribution is 7.91. The Morgan fingerprint density at radius 2 is 2.19 bits per heavy atom. The van der Waals surface area contributed by atoms with Crippen LogP contribution in [0.15, 0.2) is 0 Å². The van der Waals surface area contributed by atoms with Crippen molar-refractivity contribution in [2.75, 3.05) is 24.7 Å². The van der Waals surface area contributed by atoms with Crippen LogP contribution in [0.4, 0.5) is 0 Å². The van der Waals surface area contributed by atoms with Gasteiger partial charge < -0.3 is 10.1 Å². The molecule has 2 saturated heterocycles. The van der Waals surface area contributed by atoms with E-state index in [1.54, 1.807) is 0 Å². The quantitative estimate of drug-likeness (QED) is 0.744. The highest BCUT2D eigenvalue weighted by Crippen LogP contribution is 2.18. The number of ether oxygens (including phenoxy) is 1. The third-order valence-corrected chi connectivity index (χ3v) is 4.90. The number of amides is 1. The lowest BCUT2D eigenvalue weighted by molar-refractivity contribution is -0.124. The van der Waals surface area contributed by atoms with Gasteiger partial charge >= 0.3 is 0 Å². The lowest BCUT2D eigenvalue weighted by Crippen LogP contribution is -2.36. The molecule has 0 aliphatic carbocycles. The largest absolute Gasteiger partial charge is 0.376 e. The number of sulfone groups is 1. The van der Waals surface area contributed by atoms with Crippen molar-refractivity contribution in [2.24, 2.45) is 5.92 Å². The minimum Gasteiger partial charge on any atom is -0.376 e. The Kier molecular flexibility index (Phi) is 3.49. The average Bonchev–Trinajstić information content (AvgIpc) is 2.83. The minimum absolute atomic E-state index is 0.00432. The smallest absolute Gasteiger partial charge is 0.224 e. The summed E-state index contributed by atoms with van der Waals surface area (Å²) in [6.45, 7) is 1.27. The lowest BCUT2D eigenvalue weighted by Gasteiger charge is -2.13. The van der Waals surface area contributed by atoms with Gasteiger partial charge in [-0.05, 0) is 19.3 Å². The van der Waals surface area contributed by atoms with Crippen LogP contribution in [-0.4, -0.2) is 45.1 Å². The van der Waals surface area contributed by atoms with Crippen molar-refractivity contribution in [2.45, 2.75) is 25.4 Å². The maximum Gasteiger partial charge on any atom is 0.224 e. The molecule has 2 atom stereocenters. The van der Waals surface area contributed by atoms with Gasteiger partial charge in [0.25, 0.3) is 0 Å². The minimum atomic E-state index is -2.97. The molecule has 0 saturated carbocycles. The molecular weight excluding hydrogens is 230 g/mol. The maximum atomic E-state index is 11.7. The molecule has 2 fully saturated rings. The summed E-state index contributed by atoms with van der Waals surface area (Å²) in [7, 11) is -2.97. The van der Waals surface area contributed by atoms with Gasteiger partial charge in [-0.1, -0.05) is 0 Å². The fraction of sp³-hybridized carbons (Fsp3) is 0.900. The summed E-state index contributed by atoms with van der Waals surface area (Å²) in [4.78, 5) is 11.7. The van der Waals surface area contributed by atoms with E-state index in [0.29, 0.717) is 13.0 Å². The Hall–Kier alpha value is -0.620. The van der Waals surface area contributed by atoms with Crippen LogP contribution in [0.25, 0.3) is 0 Å². The molecule has 0 radical (unpaired) electrons. The SMILES string of the molecule is O=C(NC[C@@H]1CCCO1)[C@H]1CCS(=O)(=O)C1. The standard InChI is InChI=1S/C10H17NO4S/c12-10(8-3-5-16(13,14)7-8)11-6-9-2-1-4-15-9/h8-9H,1-7H2,(H,11,12)/t8-,9-/m0/s1. The van der Waals surface area contributed by atoms with E-state index in [1.807, 2.05) is 0 Å². The molecule has 0 aromatic carbocycles. The number of carbonyl (C=O) groups excluding carboxylic acids is 1. The summed E-state index contributed by atoms with van der Waals surface area (Å²) in [6.07, 6.45) is 2.59. The molecule has 2 heterocycles. The molecule has 92 valence electrons. The number of carbonyl (C=O) groups is 1. The Balaban J connectivity index is 1.76. The molecule has 0 spiro atoms. The molecule has 2 rings (SSSR count). The molecule has 0 aromatic heterocycles. The van der Waals surface area contributed by atoms with E-state index in [0.717, 1.165) is 19.4 Å². The van der Waals surface area contributed by atoms with E-state index in [4.69, 9.17) is 4.74 Å². The fourth-order valence-corrected chi connectivity index (χ4v) is 3.91. The number of hydrogen-bond donors (Lipinski definition) is 1. The predicted octanol–water partition coefficient (Wildman–Crippen LogP) is -0.284. The average molecular weight is 247 g/mol. The molecular formula is C10H17NO4S. The van der Waals surface area contributed by atoms with Gasteiger partial charge in [0.15, 0.2) is 9.84 Å². The number of nitrogens with one attached hydrogen (secondary N) is 1. The van der Waals surface area contributed by atoms with Crippen molar-refractivity contribution >= 4 is 15.7 Å². The van der Waals surface area contributed by atoms with Gasteiger partial charge in [-0.15, -0.1) is 0 Å². The molecule has 1 N–H and O–H groups in total. The van der Waals surface area contributed by atoms with E-state index < -0.39 is 9.84 Å². The maximum absolute atomic E-state index is 11.7.